The number of aromatic hydroxyl groups is 1. The summed E-state index contributed by atoms with van der Waals surface area (Å²) < 4.78 is 0. The van der Waals surface area contributed by atoms with E-state index >= 15 is 0 Å². The van der Waals surface area contributed by atoms with Crippen molar-refractivity contribution < 1.29 is 9.90 Å². The minimum atomic E-state index is -0.441. The molecule has 0 unspecified atom stereocenters. The van der Waals surface area contributed by atoms with Crippen LogP contribution in [-0.2, 0) is 0 Å². The maximum absolute atomic E-state index is 11.9. The van der Waals surface area contributed by atoms with Gasteiger partial charge in [0.1, 0.15) is 5.75 Å². The number of hydrogen-bond acceptors (Lipinski definition) is 3. The number of hydrazone groups is 1. The summed E-state index contributed by atoms with van der Waals surface area (Å²) in [5.74, 6) is -0.499. The van der Waals surface area contributed by atoms with Gasteiger partial charge in [0.15, 0.2) is 0 Å². The number of fused-ring (bicyclic) bond motifs is 1. The van der Waals surface area contributed by atoms with Crippen LogP contribution in [0.1, 0.15) is 17.3 Å². The summed E-state index contributed by atoms with van der Waals surface area (Å²) >= 11 is 0. The first-order chi connectivity index (χ1) is 9.22. The van der Waals surface area contributed by atoms with Gasteiger partial charge in [0.05, 0.1) is 5.56 Å². The molecule has 0 aliphatic heterocycles. The topological polar surface area (TPSA) is 61.7 Å². The summed E-state index contributed by atoms with van der Waals surface area (Å²) in [5, 5.41) is 15.4. The Morgan fingerprint density at radius 2 is 1.95 bits per heavy atom. The van der Waals surface area contributed by atoms with Crippen molar-refractivity contribution in [2.24, 2.45) is 5.10 Å². The van der Waals surface area contributed by atoms with Crippen LogP contribution in [0.2, 0.25) is 0 Å². The Morgan fingerprint density at radius 1 is 1.26 bits per heavy atom. The van der Waals surface area contributed by atoms with Gasteiger partial charge in [-0.1, -0.05) is 30.3 Å². The molecular formula is C15H14N2O2. The second-order valence-corrected chi connectivity index (χ2v) is 3.96. The van der Waals surface area contributed by atoms with E-state index in [1.54, 1.807) is 24.3 Å². The number of nitrogens with zero attached hydrogens (tertiary/aromatic N) is 1. The van der Waals surface area contributed by atoms with Gasteiger partial charge in [-0.2, -0.15) is 5.10 Å². The summed E-state index contributed by atoms with van der Waals surface area (Å²) in [6.07, 6.45) is 4.96. The van der Waals surface area contributed by atoms with E-state index in [1.165, 1.54) is 6.21 Å². The molecule has 19 heavy (non-hydrogen) atoms. The van der Waals surface area contributed by atoms with E-state index in [4.69, 9.17) is 0 Å². The molecule has 96 valence electrons. The van der Waals surface area contributed by atoms with E-state index in [1.807, 2.05) is 31.2 Å². The molecule has 4 nitrogen and oxygen atoms in total. The third kappa shape index (κ3) is 2.98. The molecular weight excluding hydrogens is 240 g/mol. The van der Waals surface area contributed by atoms with E-state index in [9.17, 15) is 9.90 Å². The van der Waals surface area contributed by atoms with E-state index in [2.05, 4.69) is 10.5 Å². The molecule has 0 fully saturated rings. The minimum Gasteiger partial charge on any atom is -0.507 e. The predicted molar refractivity (Wildman–Crippen MR) is 76.4 cm³/mol. The highest BCUT2D eigenvalue weighted by atomic mass is 16.3. The molecule has 2 aromatic carbocycles. The summed E-state index contributed by atoms with van der Waals surface area (Å²) in [6, 6.07) is 10.7. The van der Waals surface area contributed by atoms with Gasteiger partial charge in [-0.05, 0) is 35.9 Å². The Balaban J connectivity index is 2.29. The summed E-state index contributed by atoms with van der Waals surface area (Å²) in [6.45, 7) is 1.85. The molecule has 2 rings (SSSR count). The molecule has 0 atom stereocenters. The van der Waals surface area contributed by atoms with Gasteiger partial charge in [0.2, 0.25) is 0 Å². The zero-order valence-corrected chi connectivity index (χ0v) is 10.5. The van der Waals surface area contributed by atoms with Crippen LogP contribution in [0.5, 0.6) is 5.75 Å². The van der Waals surface area contributed by atoms with Gasteiger partial charge >= 0.3 is 0 Å². The van der Waals surface area contributed by atoms with Crippen molar-refractivity contribution in [3.63, 3.8) is 0 Å². The van der Waals surface area contributed by atoms with Crippen molar-refractivity contribution in [3.05, 3.63) is 54.1 Å². The van der Waals surface area contributed by atoms with Gasteiger partial charge in [0, 0.05) is 6.21 Å². The van der Waals surface area contributed by atoms with Crippen LogP contribution in [0.4, 0.5) is 0 Å². The van der Waals surface area contributed by atoms with Crippen LogP contribution in [0.3, 0.4) is 0 Å². The average Bonchev–Trinajstić information content (AvgIpc) is 2.42. The fraction of sp³-hybridized carbons (Fsp3) is 0.0667. The third-order valence-electron chi connectivity index (χ3n) is 2.63. The summed E-state index contributed by atoms with van der Waals surface area (Å²) in [7, 11) is 0. The number of phenolic OH excluding ortho intramolecular Hbond substituents is 1. The van der Waals surface area contributed by atoms with Crippen LogP contribution < -0.4 is 5.43 Å². The van der Waals surface area contributed by atoms with Gasteiger partial charge in [-0.25, -0.2) is 5.43 Å². The first kappa shape index (κ1) is 12.8. The van der Waals surface area contributed by atoms with Crippen LogP contribution in [0, 0.1) is 0 Å². The predicted octanol–water partition coefficient (Wildman–Crippen LogP) is 2.84. The van der Waals surface area contributed by atoms with Gasteiger partial charge in [0.25, 0.3) is 5.91 Å². The lowest BCUT2D eigenvalue weighted by atomic mass is 10.1. The quantitative estimate of drug-likeness (QED) is 0.653. The van der Waals surface area contributed by atoms with Crippen LogP contribution in [0.25, 0.3) is 10.8 Å². The van der Waals surface area contributed by atoms with Crippen molar-refractivity contribution in [3.8, 4) is 5.75 Å². The molecule has 0 saturated heterocycles. The monoisotopic (exact) mass is 254 g/mol. The Hall–Kier alpha value is -2.62. The standard InChI is InChI=1S/C15H14N2O2/c1-2-3-8-16-17-15(19)13-9-11-6-4-5-7-12(11)10-14(13)18/h2-10,18H,1H3,(H,17,19)/b3-2+,16-8-. The Bertz CT molecular complexity index is 660. The van der Waals surface area contributed by atoms with Crippen molar-refractivity contribution in [2.45, 2.75) is 6.92 Å². The molecule has 4 heteroatoms. The molecule has 2 N–H and O–H groups in total. The lowest BCUT2D eigenvalue weighted by Gasteiger charge is -2.05. The SMILES string of the molecule is C/C=C/C=N\NC(=O)c1cc2ccccc2cc1O. The summed E-state index contributed by atoms with van der Waals surface area (Å²) in [5.41, 5.74) is 2.56. The number of amides is 1. The Morgan fingerprint density at radius 3 is 2.63 bits per heavy atom. The molecule has 1 amide bonds. The molecule has 0 aliphatic rings. The second-order valence-electron chi connectivity index (χ2n) is 3.96. The van der Waals surface area contributed by atoms with Crippen LogP contribution >= 0.6 is 0 Å². The van der Waals surface area contributed by atoms with Crippen molar-refractivity contribution in [1.29, 1.82) is 0 Å². The van der Waals surface area contributed by atoms with Crippen molar-refractivity contribution in [2.75, 3.05) is 0 Å². The van der Waals surface area contributed by atoms with Gasteiger partial charge in [-0.3, -0.25) is 4.79 Å². The zero-order chi connectivity index (χ0) is 13.7. The van der Waals surface area contributed by atoms with Crippen LogP contribution in [-0.4, -0.2) is 17.2 Å². The van der Waals surface area contributed by atoms with Gasteiger partial charge in [-0.15, -0.1) is 0 Å². The van der Waals surface area contributed by atoms with E-state index in [0.717, 1.165) is 10.8 Å². The largest absolute Gasteiger partial charge is 0.507 e. The number of carbonyl (C=O) groups excluding carboxylic acids is 1. The lowest BCUT2D eigenvalue weighted by molar-refractivity contribution is 0.0952. The summed E-state index contributed by atoms with van der Waals surface area (Å²) in [4.78, 5) is 11.9. The number of rotatable bonds is 3. The molecule has 0 radical (unpaired) electrons. The molecule has 0 heterocycles. The molecule has 0 bridgehead atoms. The molecule has 2 aromatic rings. The molecule has 0 spiro atoms. The van der Waals surface area contributed by atoms with Crippen molar-refractivity contribution >= 4 is 22.9 Å². The van der Waals surface area contributed by atoms with Crippen molar-refractivity contribution in [1.82, 2.24) is 5.43 Å². The smallest absolute Gasteiger partial charge is 0.275 e. The number of nitrogens with one attached hydrogen (secondary N) is 1. The second kappa shape index (κ2) is 5.82. The molecule has 0 saturated carbocycles. The number of carbonyl (C=O) groups is 1. The first-order valence-electron chi connectivity index (χ1n) is 5.89. The molecule has 0 aliphatic carbocycles. The lowest BCUT2D eigenvalue weighted by Crippen LogP contribution is -2.17. The van der Waals surface area contributed by atoms with Gasteiger partial charge < -0.3 is 5.11 Å². The highest BCUT2D eigenvalue weighted by Crippen LogP contribution is 2.24. The third-order valence-corrected chi connectivity index (χ3v) is 2.63. The fourth-order valence-electron chi connectivity index (χ4n) is 1.70. The minimum absolute atomic E-state index is 0.0579. The number of benzene rings is 2. The maximum Gasteiger partial charge on any atom is 0.275 e. The normalized spacial score (nSPS) is 11.4. The fourth-order valence-corrected chi connectivity index (χ4v) is 1.70. The highest BCUT2D eigenvalue weighted by Gasteiger charge is 2.11. The highest BCUT2D eigenvalue weighted by molar-refractivity contribution is 6.01. The Labute approximate surface area is 111 Å². The zero-order valence-electron chi connectivity index (χ0n) is 10.5. The van der Waals surface area contributed by atoms with E-state index in [-0.39, 0.29) is 11.3 Å². The number of allylic oxidation sites excluding steroid dienone is 2. The average molecular weight is 254 g/mol. The maximum atomic E-state index is 11.9. The van der Waals surface area contributed by atoms with E-state index < -0.39 is 5.91 Å². The van der Waals surface area contributed by atoms with E-state index in [0.29, 0.717) is 0 Å². The number of hydrogen-bond donors (Lipinski definition) is 2. The Kier molecular flexibility index (Phi) is 3.93. The first-order valence-corrected chi connectivity index (χ1v) is 5.89. The van der Waals surface area contributed by atoms with Crippen LogP contribution in [0.15, 0.2) is 53.7 Å². The number of phenols is 1. The molecule has 0 aromatic heterocycles.